The number of carboxylic acid groups (broad SMARTS) is 1. The summed E-state index contributed by atoms with van der Waals surface area (Å²) in [5.41, 5.74) is 0.846. The lowest BCUT2D eigenvalue weighted by Crippen LogP contribution is -2.22. The Bertz CT molecular complexity index is 463. The van der Waals surface area contributed by atoms with Gasteiger partial charge in [-0.15, -0.1) is 11.3 Å². The highest BCUT2D eigenvalue weighted by atomic mass is 32.1. The normalized spacial score (nSPS) is 11.1. The Labute approximate surface area is 117 Å². The first-order valence-electron chi connectivity index (χ1n) is 6.22. The Balaban J connectivity index is 2.38. The first-order valence-corrected chi connectivity index (χ1v) is 7.10. The van der Waals surface area contributed by atoms with Crippen molar-refractivity contribution in [2.45, 2.75) is 33.2 Å². The monoisotopic (exact) mass is 281 g/mol. The minimum Gasteiger partial charge on any atom is -0.478 e. The minimum absolute atomic E-state index is 0.0599. The van der Waals surface area contributed by atoms with Crippen LogP contribution < -0.4 is 5.32 Å². The number of amides is 1. The summed E-state index contributed by atoms with van der Waals surface area (Å²) in [6.45, 7) is 4.68. The van der Waals surface area contributed by atoms with Gasteiger partial charge in [0, 0.05) is 17.4 Å². The molecule has 0 unspecified atom stereocenters. The standard InChI is InChI=1S/C14H19NO3S/c1-10(2)3-5-13(16)15-8-12-7-11(9-19-12)4-6-14(17)18/h4,6-7,9-10H,3,5,8H2,1-2H3,(H,15,16)(H,17,18). The number of rotatable bonds is 7. The van der Waals surface area contributed by atoms with Crippen molar-refractivity contribution in [3.05, 3.63) is 28.0 Å². The summed E-state index contributed by atoms with van der Waals surface area (Å²) in [6, 6.07) is 1.88. The van der Waals surface area contributed by atoms with E-state index in [0.717, 1.165) is 22.9 Å². The molecule has 1 rings (SSSR count). The zero-order chi connectivity index (χ0) is 14.3. The second-order valence-electron chi connectivity index (χ2n) is 4.73. The molecule has 0 radical (unpaired) electrons. The van der Waals surface area contributed by atoms with Gasteiger partial charge in [-0.2, -0.15) is 0 Å². The molecule has 1 amide bonds. The van der Waals surface area contributed by atoms with Crippen LogP contribution in [0.2, 0.25) is 0 Å². The average Bonchev–Trinajstić information content (AvgIpc) is 2.79. The molecule has 0 aliphatic heterocycles. The molecule has 1 aromatic rings. The van der Waals surface area contributed by atoms with Crippen molar-refractivity contribution in [2.75, 3.05) is 0 Å². The number of hydrogen-bond acceptors (Lipinski definition) is 3. The van der Waals surface area contributed by atoms with Crippen molar-refractivity contribution in [1.82, 2.24) is 5.32 Å². The Hall–Kier alpha value is -1.62. The van der Waals surface area contributed by atoms with Crippen LogP contribution in [0.25, 0.3) is 6.08 Å². The maximum Gasteiger partial charge on any atom is 0.328 e. The van der Waals surface area contributed by atoms with E-state index >= 15 is 0 Å². The number of aliphatic carboxylic acids is 1. The van der Waals surface area contributed by atoms with E-state index in [1.54, 1.807) is 6.08 Å². The second kappa shape index (κ2) is 7.74. The molecule has 4 nitrogen and oxygen atoms in total. The van der Waals surface area contributed by atoms with Gasteiger partial charge in [-0.3, -0.25) is 4.79 Å². The quantitative estimate of drug-likeness (QED) is 0.755. The fourth-order valence-electron chi connectivity index (χ4n) is 1.44. The summed E-state index contributed by atoms with van der Waals surface area (Å²) in [7, 11) is 0. The summed E-state index contributed by atoms with van der Waals surface area (Å²) >= 11 is 1.51. The van der Waals surface area contributed by atoms with E-state index in [0.29, 0.717) is 18.9 Å². The molecular weight excluding hydrogens is 262 g/mol. The third-order valence-electron chi connectivity index (χ3n) is 2.50. The lowest BCUT2D eigenvalue weighted by Gasteiger charge is -2.05. The van der Waals surface area contributed by atoms with E-state index in [1.807, 2.05) is 11.4 Å². The van der Waals surface area contributed by atoms with Crippen LogP contribution in [0.15, 0.2) is 17.5 Å². The van der Waals surface area contributed by atoms with E-state index < -0.39 is 5.97 Å². The van der Waals surface area contributed by atoms with Gasteiger partial charge < -0.3 is 10.4 Å². The molecule has 104 valence electrons. The van der Waals surface area contributed by atoms with Crippen molar-refractivity contribution in [3.63, 3.8) is 0 Å². The lowest BCUT2D eigenvalue weighted by atomic mass is 10.1. The van der Waals surface area contributed by atoms with Crippen LogP contribution in [-0.4, -0.2) is 17.0 Å². The molecule has 0 atom stereocenters. The molecule has 0 saturated carbocycles. The number of hydrogen-bond donors (Lipinski definition) is 2. The Morgan fingerprint density at radius 3 is 2.84 bits per heavy atom. The first-order chi connectivity index (χ1) is 8.97. The third-order valence-corrected chi connectivity index (χ3v) is 3.46. The predicted molar refractivity (Wildman–Crippen MR) is 76.9 cm³/mol. The highest BCUT2D eigenvalue weighted by Crippen LogP contribution is 2.16. The van der Waals surface area contributed by atoms with Gasteiger partial charge in [0.2, 0.25) is 5.91 Å². The van der Waals surface area contributed by atoms with Gasteiger partial charge >= 0.3 is 5.97 Å². The molecule has 5 heteroatoms. The van der Waals surface area contributed by atoms with Crippen molar-refractivity contribution in [2.24, 2.45) is 5.92 Å². The van der Waals surface area contributed by atoms with E-state index in [-0.39, 0.29) is 5.91 Å². The zero-order valence-corrected chi connectivity index (χ0v) is 12.0. The summed E-state index contributed by atoms with van der Waals surface area (Å²) in [5.74, 6) is -0.375. The summed E-state index contributed by atoms with van der Waals surface area (Å²) in [4.78, 5) is 22.9. The SMILES string of the molecule is CC(C)CCC(=O)NCc1cc(C=CC(=O)O)cs1. The Morgan fingerprint density at radius 1 is 1.47 bits per heavy atom. The zero-order valence-electron chi connectivity index (χ0n) is 11.2. The van der Waals surface area contributed by atoms with Gasteiger partial charge in [0.15, 0.2) is 0 Å². The van der Waals surface area contributed by atoms with E-state index in [4.69, 9.17) is 5.11 Å². The molecule has 0 aliphatic rings. The smallest absolute Gasteiger partial charge is 0.328 e. The fraction of sp³-hybridized carbons (Fsp3) is 0.429. The van der Waals surface area contributed by atoms with Crippen molar-refractivity contribution in [1.29, 1.82) is 0 Å². The average molecular weight is 281 g/mol. The molecule has 0 bridgehead atoms. The van der Waals surface area contributed by atoms with Crippen LogP contribution >= 0.6 is 11.3 Å². The number of carbonyl (C=O) groups is 2. The topological polar surface area (TPSA) is 66.4 Å². The number of carbonyl (C=O) groups excluding carboxylic acids is 1. The van der Waals surface area contributed by atoms with Crippen molar-refractivity contribution >= 4 is 29.3 Å². The maximum atomic E-state index is 11.5. The summed E-state index contributed by atoms with van der Waals surface area (Å²) in [5, 5.41) is 13.3. The van der Waals surface area contributed by atoms with Gasteiger partial charge in [-0.25, -0.2) is 4.79 Å². The molecular formula is C14H19NO3S. The predicted octanol–water partition coefficient (Wildman–Crippen LogP) is 2.90. The first kappa shape index (κ1) is 15.4. The molecule has 0 aromatic carbocycles. The molecule has 0 aliphatic carbocycles. The van der Waals surface area contributed by atoms with Crippen molar-refractivity contribution in [3.8, 4) is 0 Å². The third kappa shape index (κ3) is 6.76. The maximum absolute atomic E-state index is 11.5. The molecule has 19 heavy (non-hydrogen) atoms. The van der Waals surface area contributed by atoms with E-state index in [9.17, 15) is 9.59 Å². The van der Waals surface area contributed by atoms with Gasteiger partial charge in [0.05, 0.1) is 6.54 Å². The van der Waals surface area contributed by atoms with Crippen LogP contribution in [-0.2, 0) is 16.1 Å². The fourth-order valence-corrected chi connectivity index (χ4v) is 2.23. The molecule has 0 saturated heterocycles. The van der Waals surface area contributed by atoms with Crippen LogP contribution in [0.1, 0.15) is 37.1 Å². The van der Waals surface area contributed by atoms with Crippen LogP contribution in [0.4, 0.5) is 0 Å². The molecule has 2 N–H and O–H groups in total. The van der Waals surface area contributed by atoms with Gasteiger partial charge in [0.25, 0.3) is 0 Å². The van der Waals surface area contributed by atoms with Gasteiger partial charge in [-0.1, -0.05) is 13.8 Å². The second-order valence-corrected chi connectivity index (χ2v) is 5.72. The van der Waals surface area contributed by atoms with Crippen LogP contribution in [0.3, 0.4) is 0 Å². The lowest BCUT2D eigenvalue weighted by molar-refractivity contribution is -0.131. The van der Waals surface area contributed by atoms with Crippen LogP contribution in [0.5, 0.6) is 0 Å². The minimum atomic E-state index is -0.963. The van der Waals surface area contributed by atoms with Crippen molar-refractivity contribution < 1.29 is 14.7 Å². The number of thiophene rings is 1. The van der Waals surface area contributed by atoms with Gasteiger partial charge in [-0.05, 0) is 35.4 Å². The molecule has 1 aromatic heterocycles. The Kier molecular flexibility index (Phi) is 6.29. The van der Waals surface area contributed by atoms with E-state index in [2.05, 4.69) is 19.2 Å². The van der Waals surface area contributed by atoms with Crippen LogP contribution in [0, 0.1) is 5.92 Å². The molecule has 1 heterocycles. The molecule has 0 fully saturated rings. The Morgan fingerprint density at radius 2 is 2.21 bits per heavy atom. The highest BCUT2D eigenvalue weighted by Gasteiger charge is 2.04. The van der Waals surface area contributed by atoms with Gasteiger partial charge in [0.1, 0.15) is 0 Å². The number of carboxylic acids is 1. The largest absolute Gasteiger partial charge is 0.478 e. The summed E-state index contributed by atoms with van der Waals surface area (Å²) in [6.07, 6.45) is 4.09. The molecule has 0 spiro atoms. The highest BCUT2D eigenvalue weighted by molar-refractivity contribution is 7.10. The summed E-state index contributed by atoms with van der Waals surface area (Å²) < 4.78 is 0. The number of nitrogens with one attached hydrogen (secondary N) is 1. The van der Waals surface area contributed by atoms with E-state index in [1.165, 1.54) is 11.3 Å².